The zero-order valence-electron chi connectivity index (χ0n) is 27.2. The molecule has 5 atom stereocenters. The van der Waals surface area contributed by atoms with Gasteiger partial charge in [0.15, 0.2) is 0 Å². The van der Waals surface area contributed by atoms with E-state index in [-0.39, 0.29) is 17.4 Å². The monoisotopic (exact) mass is 661 g/mol. The molecule has 5 aliphatic rings. The van der Waals surface area contributed by atoms with Crippen LogP contribution >= 0.6 is 11.3 Å². The van der Waals surface area contributed by atoms with E-state index < -0.39 is 6.17 Å². The fourth-order valence-electron chi connectivity index (χ4n) is 8.57. The fourth-order valence-corrected chi connectivity index (χ4v) is 9.59. The molecule has 0 spiro atoms. The summed E-state index contributed by atoms with van der Waals surface area (Å²) in [6.45, 7) is 6.13. The predicted molar refractivity (Wildman–Crippen MR) is 180 cm³/mol. The van der Waals surface area contributed by atoms with Crippen molar-refractivity contribution in [2.75, 3.05) is 56.7 Å². The van der Waals surface area contributed by atoms with Crippen LogP contribution in [0.15, 0.2) is 17.1 Å². The van der Waals surface area contributed by atoms with E-state index in [2.05, 4.69) is 38.0 Å². The van der Waals surface area contributed by atoms with Gasteiger partial charge in [-0.05, 0) is 57.7 Å². The highest BCUT2D eigenvalue weighted by Crippen LogP contribution is 2.46. The first-order valence-corrected chi connectivity index (χ1v) is 17.6. The van der Waals surface area contributed by atoms with Crippen LogP contribution in [-0.2, 0) is 13.0 Å². The van der Waals surface area contributed by atoms with Crippen molar-refractivity contribution in [1.29, 1.82) is 5.26 Å². The van der Waals surface area contributed by atoms with Crippen molar-refractivity contribution in [2.24, 2.45) is 4.99 Å². The van der Waals surface area contributed by atoms with Gasteiger partial charge in [0.05, 0.1) is 34.4 Å². The molecule has 248 valence electrons. The number of anilines is 2. The number of halogens is 2. The number of rotatable bonds is 7. The summed E-state index contributed by atoms with van der Waals surface area (Å²) in [5.41, 5.74) is 2.87. The number of nitrogens with one attached hydrogen (secondary N) is 1. The minimum Gasteiger partial charge on any atom is -0.461 e. The highest BCUT2D eigenvalue weighted by molar-refractivity contribution is 7.23. The van der Waals surface area contributed by atoms with Crippen LogP contribution in [0.1, 0.15) is 55.8 Å². The Bertz CT molecular complexity index is 1760. The Hall–Kier alpha value is -3.60. The molecule has 1 unspecified atom stereocenters. The zero-order chi connectivity index (χ0) is 32.4. The largest absolute Gasteiger partial charge is 0.461 e. The number of alkyl halides is 1. The van der Waals surface area contributed by atoms with Crippen LogP contribution in [0.4, 0.5) is 25.3 Å². The van der Waals surface area contributed by atoms with Crippen LogP contribution in [0.5, 0.6) is 6.01 Å². The van der Waals surface area contributed by atoms with E-state index in [4.69, 9.17) is 14.7 Å². The average molecular weight is 662 g/mol. The van der Waals surface area contributed by atoms with Gasteiger partial charge in [0, 0.05) is 74.9 Å². The van der Waals surface area contributed by atoms with Crippen molar-refractivity contribution in [1.82, 2.24) is 25.1 Å². The van der Waals surface area contributed by atoms with Crippen LogP contribution in [-0.4, -0.2) is 103 Å². The van der Waals surface area contributed by atoms with Crippen LogP contribution in [0.2, 0.25) is 0 Å². The Labute approximate surface area is 278 Å². The molecule has 3 aromatic rings. The molecule has 4 saturated heterocycles. The molecule has 13 heteroatoms. The molecule has 47 heavy (non-hydrogen) atoms. The van der Waals surface area contributed by atoms with E-state index in [1.807, 2.05) is 14.1 Å². The standard InChI is InChI=1S/C34H41F2N9OS/c1-20-11-24-27(17-45(20)28-8-7-26(36)30-29(28)25(13-37)32(47-30)38-19-42(2)3)40-33(41-31(24)43-15-22-5-6-23(16-43)39-22)46-18-34-9-4-10-44(34)14-21(35)12-34/h7-8,19-23,39H,4-6,9-12,14-18H2,1-3H3/b38-19+/t20?,21-,22-,23+,34+/m1/s1. The highest BCUT2D eigenvalue weighted by atomic mass is 32.1. The summed E-state index contributed by atoms with van der Waals surface area (Å²) in [6.07, 6.45) is 6.27. The number of benzene rings is 1. The van der Waals surface area contributed by atoms with Crippen LogP contribution in [0.3, 0.4) is 0 Å². The lowest BCUT2D eigenvalue weighted by Gasteiger charge is -2.40. The maximum absolute atomic E-state index is 15.3. The molecule has 8 rings (SSSR count). The Kier molecular flexibility index (Phi) is 7.73. The predicted octanol–water partition coefficient (Wildman–Crippen LogP) is 4.77. The first-order valence-electron chi connectivity index (χ1n) is 16.8. The molecular formula is C34H41F2N9OS. The Morgan fingerprint density at radius 3 is 2.81 bits per heavy atom. The van der Waals surface area contributed by atoms with Gasteiger partial charge in [-0.2, -0.15) is 15.2 Å². The topological polar surface area (TPSA) is 96.2 Å². The molecule has 4 fully saturated rings. The van der Waals surface area contributed by atoms with Crippen molar-refractivity contribution < 1.29 is 13.5 Å². The molecule has 2 bridgehead atoms. The lowest BCUT2D eigenvalue weighted by molar-refractivity contribution is 0.107. The normalized spacial score (nSPS) is 28.7. The van der Waals surface area contributed by atoms with Crippen molar-refractivity contribution in [3.63, 3.8) is 0 Å². The van der Waals surface area contributed by atoms with Crippen LogP contribution < -0.4 is 19.9 Å². The summed E-state index contributed by atoms with van der Waals surface area (Å²) >= 11 is 1.20. The molecular weight excluding hydrogens is 620 g/mol. The number of thiophene rings is 1. The number of aromatic nitrogens is 2. The second-order valence-electron chi connectivity index (χ2n) is 14.2. The summed E-state index contributed by atoms with van der Waals surface area (Å²) in [6, 6.07) is 6.83. The number of nitriles is 1. The Morgan fingerprint density at radius 2 is 2.04 bits per heavy atom. The van der Waals surface area contributed by atoms with Crippen molar-refractivity contribution in [3.05, 3.63) is 34.8 Å². The molecule has 0 radical (unpaired) electrons. The number of fused-ring (bicyclic) bond motifs is 5. The molecule has 0 amide bonds. The minimum absolute atomic E-state index is 0.0380. The maximum atomic E-state index is 15.3. The van der Waals surface area contributed by atoms with Gasteiger partial charge < -0.3 is 24.8 Å². The highest BCUT2D eigenvalue weighted by Gasteiger charge is 2.49. The van der Waals surface area contributed by atoms with Crippen LogP contribution in [0.25, 0.3) is 10.1 Å². The number of aliphatic imine (C=N–C) groups is 1. The summed E-state index contributed by atoms with van der Waals surface area (Å²) in [7, 11) is 3.71. The fraction of sp³-hybridized carbons (Fsp3) is 0.588. The van der Waals surface area contributed by atoms with Crippen molar-refractivity contribution in [3.8, 4) is 12.1 Å². The van der Waals surface area contributed by atoms with Gasteiger partial charge >= 0.3 is 6.01 Å². The molecule has 7 heterocycles. The summed E-state index contributed by atoms with van der Waals surface area (Å²) in [5, 5.41) is 15.1. The third-order valence-corrected chi connectivity index (χ3v) is 11.8. The van der Waals surface area contributed by atoms with Crippen molar-refractivity contribution in [2.45, 2.75) is 81.8 Å². The van der Waals surface area contributed by atoms with Gasteiger partial charge in [-0.25, -0.2) is 13.8 Å². The molecule has 1 aromatic carbocycles. The molecule has 10 nitrogen and oxygen atoms in total. The van der Waals surface area contributed by atoms with E-state index >= 15 is 4.39 Å². The Morgan fingerprint density at radius 1 is 1.23 bits per heavy atom. The van der Waals surface area contributed by atoms with Crippen molar-refractivity contribution >= 4 is 44.3 Å². The lowest BCUT2D eigenvalue weighted by atomic mass is 9.95. The number of hydrogen-bond acceptors (Lipinski definition) is 10. The molecule has 2 aromatic heterocycles. The second kappa shape index (κ2) is 11.8. The summed E-state index contributed by atoms with van der Waals surface area (Å²) in [5.74, 6) is 0.571. The molecule has 0 aliphatic carbocycles. The molecule has 1 N–H and O–H groups in total. The number of ether oxygens (including phenoxy) is 1. The maximum Gasteiger partial charge on any atom is 0.318 e. The van der Waals surface area contributed by atoms with Gasteiger partial charge in [0.25, 0.3) is 0 Å². The number of nitrogens with zero attached hydrogens (tertiary/aromatic N) is 8. The number of hydrogen-bond donors (Lipinski definition) is 1. The van der Waals surface area contributed by atoms with E-state index in [0.717, 1.165) is 68.1 Å². The van der Waals surface area contributed by atoms with Gasteiger partial charge in [-0.3, -0.25) is 4.90 Å². The van der Waals surface area contributed by atoms with Crippen LogP contribution in [0, 0.1) is 17.1 Å². The average Bonchev–Trinajstić information content (AvgIpc) is 3.79. The van der Waals surface area contributed by atoms with Gasteiger partial charge in [0.1, 0.15) is 35.5 Å². The van der Waals surface area contributed by atoms with Gasteiger partial charge in [-0.1, -0.05) is 0 Å². The SMILES string of the molecule is CC1Cc2c(nc(OC[C@@]34CCCN3C[C@H](F)C4)nc2N2C[C@H]3CC[C@@H](C2)N3)CN1c1ccc(F)c2sc(/N=C/N(C)C)c(C#N)c12. The van der Waals surface area contributed by atoms with E-state index in [1.54, 1.807) is 17.3 Å². The first kappa shape index (κ1) is 30.7. The smallest absolute Gasteiger partial charge is 0.318 e. The lowest BCUT2D eigenvalue weighted by Crippen LogP contribution is -2.52. The minimum atomic E-state index is -0.831. The quantitative estimate of drug-likeness (QED) is 0.284. The molecule has 0 saturated carbocycles. The second-order valence-corrected chi connectivity index (χ2v) is 15.2. The summed E-state index contributed by atoms with van der Waals surface area (Å²) in [4.78, 5) is 23.3. The summed E-state index contributed by atoms with van der Waals surface area (Å²) < 4.78 is 36.7. The van der Waals surface area contributed by atoms with Gasteiger partial charge in [0.2, 0.25) is 0 Å². The van der Waals surface area contributed by atoms with Gasteiger partial charge in [-0.15, -0.1) is 11.3 Å². The zero-order valence-corrected chi connectivity index (χ0v) is 28.0. The third kappa shape index (κ3) is 5.38. The third-order valence-electron chi connectivity index (χ3n) is 10.7. The van der Waals surface area contributed by atoms with E-state index in [9.17, 15) is 9.65 Å². The Balaban J connectivity index is 1.18. The van der Waals surface area contributed by atoms with E-state index in [0.29, 0.717) is 71.3 Å². The number of piperazine rings is 1. The molecule has 5 aliphatic heterocycles. The first-order chi connectivity index (χ1) is 22.7. The van der Waals surface area contributed by atoms with E-state index in [1.165, 1.54) is 17.4 Å².